The van der Waals surface area contributed by atoms with Gasteiger partial charge in [-0.25, -0.2) is 9.97 Å². The molecule has 0 aliphatic rings. The molecule has 0 aliphatic heterocycles. The zero-order valence-electron chi connectivity index (χ0n) is 17.9. The van der Waals surface area contributed by atoms with E-state index in [1.165, 1.54) is 11.3 Å². The molecule has 3 aromatic heterocycles. The molecule has 5 aromatic rings. The summed E-state index contributed by atoms with van der Waals surface area (Å²) in [7, 11) is 0. The average Bonchev–Trinajstić information content (AvgIpc) is 3.56. The number of hydrogen-bond donors (Lipinski definition) is 1. The molecule has 0 unspecified atom stereocenters. The first kappa shape index (κ1) is 21.4. The molecule has 33 heavy (non-hydrogen) atoms. The summed E-state index contributed by atoms with van der Waals surface area (Å²) in [4.78, 5) is 21.9. The number of rotatable bonds is 8. The van der Waals surface area contributed by atoms with E-state index < -0.39 is 0 Å². The number of hydrogen-bond acceptors (Lipinski definition) is 6. The molecule has 0 spiro atoms. The van der Waals surface area contributed by atoms with Crippen molar-refractivity contribution >= 4 is 50.4 Å². The number of anilines is 2. The number of benzene rings is 2. The molecule has 0 bridgehead atoms. The fraction of sp³-hybridized carbons (Fsp3) is 0.167. The van der Waals surface area contributed by atoms with Gasteiger partial charge in [-0.3, -0.25) is 9.48 Å². The van der Waals surface area contributed by atoms with Crippen LogP contribution < -0.4 is 5.32 Å². The number of aryl methyl sites for hydroxylation is 3. The lowest BCUT2D eigenvalue weighted by atomic mass is 10.0. The lowest BCUT2D eigenvalue weighted by Gasteiger charge is -2.07. The molecule has 7 nitrogen and oxygen atoms in total. The van der Waals surface area contributed by atoms with Crippen molar-refractivity contribution in [3.63, 3.8) is 0 Å². The highest BCUT2D eigenvalue weighted by molar-refractivity contribution is 7.17. The Morgan fingerprint density at radius 2 is 2.09 bits per heavy atom. The molecule has 1 N–H and O–H groups in total. The number of thiazole rings is 1. The highest BCUT2D eigenvalue weighted by Gasteiger charge is 2.15. The summed E-state index contributed by atoms with van der Waals surface area (Å²) in [5, 5.41) is 10.2. The van der Waals surface area contributed by atoms with E-state index in [-0.39, 0.29) is 12.2 Å². The third-order valence-electron chi connectivity index (χ3n) is 5.50. The summed E-state index contributed by atoms with van der Waals surface area (Å²) in [5.74, 6) is 0.00443. The number of nitrogens with zero attached hydrogens (tertiary/aromatic N) is 5. The number of fused-ring (bicyclic) bond motifs is 1. The van der Waals surface area contributed by atoms with Crippen molar-refractivity contribution in [1.82, 2.24) is 24.3 Å². The molecule has 3 heterocycles. The standard InChI is InChI=1S/C24H21ClN6OS/c1-16-3-2-4-20(25)19(16)12-22(32)23-14-27-24(33-23)29-18-6-5-17-13-28-31(21(17)11-18)10-9-30-8-7-26-15-30/h2-8,11,13-15H,9-10,12H2,1H3,(H,27,29). The minimum atomic E-state index is 0.00443. The van der Waals surface area contributed by atoms with Gasteiger partial charge >= 0.3 is 0 Å². The molecule has 2 aromatic carbocycles. The minimum absolute atomic E-state index is 0.00443. The van der Waals surface area contributed by atoms with Crippen molar-refractivity contribution in [3.05, 3.63) is 88.5 Å². The maximum Gasteiger partial charge on any atom is 0.187 e. The van der Waals surface area contributed by atoms with Crippen LogP contribution in [0, 0.1) is 6.92 Å². The molecule has 0 radical (unpaired) electrons. The van der Waals surface area contributed by atoms with Crippen LogP contribution in [0.5, 0.6) is 0 Å². The molecule has 0 saturated heterocycles. The Bertz CT molecular complexity index is 1400. The van der Waals surface area contributed by atoms with Crippen molar-refractivity contribution in [3.8, 4) is 0 Å². The molecule has 0 aliphatic carbocycles. The van der Waals surface area contributed by atoms with Gasteiger partial charge in [-0.05, 0) is 42.3 Å². The monoisotopic (exact) mass is 476 g/mol. The summed E-state index contributed by atoms with van der Waals surface area (Å²) >= 11 is 7.63. The Labute approximate surface area is 199 Å². The highest BCUT2D eigenvalue weighted by Crippen LogP contribution is 2.28. The van der Waals surface area contributed by atoms with Crippen LogP contribution in [0.25, 0.3) is 10.9 Å². The van der Waals surface area contributed by atoms with Gasteiger partial charge in [0.1, 0.15) is 0 Å². The van der Waals surface area contributed by atoms with Crippen molar-refractivity contribution in [2.75, 3.05) is 5.32 Å². The first-order valence-corrected chi connectivity index (χ1v) is 11.7. The maximum absolute atomic E-state index is 12.8. The molecule has 0 fully saturated rings. The Morgan fingerprint density at radius 1 is 1.18 bits per heavy atom. The van der Waals surface area contributed by atoms with Gasteiger partial charge in [0.2, 0.25) is 0 Å². The number of halogens is 1. The van der Waals surface area contributed by atoms with Gasteiger partial charge in [0, 0.05) is 41.5 Å². The topological polar surface area (TPSA) is 77.6 Å². The van der Waals surface area contributed by atoms with E-state index in [1.807, 2.05) is 65.0 Å². The largest absolute Gasteiger partial charge is 0.336 e. The summed E-state index contributed by atoms with van der Waals surface area (Å²) in [6.45, 7) is 3.49. The van der Waals surface area contributed by atoms with Gasteiger partial charge in [-0.2, -0.15) is 5.10 Å². The quantitative estimate of drug-likeness (QED) is 0.298. The zero-order valence-corrected chi connectivity index (χ0v) is 19.5. The third-order valence-corrected chi connectivity index (χ3v) is 6.80. The lowest BCUT2D eigenvalue weighted by Crippen LogP contribution is -2.07. The van der Waals surface area contributed by atoms with Crippen LogP contribution in [-0.2, 0) is 19.5 Å². The van der Waals surface area contributed by atoms with Crippen LogP contribution >= 0.6 is 22.9 Å². The first-order chi connectivity index (χ1) is 16.1. The number of aromatic nitrogens is 5. The fourth-order valence-corrected chi connectivity index (χ4v) is 4.74. The van der Waals surface area contributed by atoms with E-state index in [0.717, 1.165) is 40.8 Å². The zero-order chi connectivity index (χ0) is 22.8. The van der Waals surface area contributed by atoms with Crippen molar-refractivity contribution in [1.29, 1.82) is 0 Å². The third kappa shape index (κ3) is 4.67. The highest BCUT2D eigenvalue weighted by atomic mass is 35.5. The molecular weight excluding hydrogens is 456 g/mol. The van der Waals surface area contributed by atoms with E-state index in [2.05, 4.69) is 20.4 Å². The molecule has 0 saturated carbocycles. The Hall–Kier alpha value is -3.49. The van der Waals surface area contributed by atoms with E-state index in [4.69, 9.17) is 11.6 Å². The number of carbonyl (C=O) groups excluding carboxylic acids is 1. The van der Waals surface area contributed by atoms with E-state index >= 15 is 0 Å². The van der Waals surface area contributed by atoms with Gasteiger partial charge in [0.25, 0.3) is 0 Å². The summed E-state index contributed by atoms with van der Waals surface area (Å²) < 4.78 is 4.00. The van der Waals surface area contributed by atoms with Crippen LogP contribution in [0.15, 0.2) is 67.5 Å². The summed E-state index contributed by atoms with van der Waals surface area (Å²) in [5.41, 5.74) is 3.79. The second kappa shape index (κ2) is 9.17. The maximum atomic E-state index is 12.8. The number of imidazole rings is 1. The van der Waals surface area contributed by atoms with E-state index in [1.54, 1.807) is 18.7 Å². The van der Waals surface area contributed by atoms with Crippen molar-refractivity contribution in [2.24, 2.45) is 0 Å². The van der Waals surface area contributed by atoms with Crippen LogP contribution in [0.4, 0.5) is 10.8 Å². The Kier molecular flexibility index (Phi) is 5.93. The SMILES string of the molecule is Cc1cccc(Cl)c1CC(=O)c1cnc(Nc2ccc3cnn(CCn4ccnc4)c3c2)s1. The molecule has 166 valence electrons. The average molecular weight is 477 g/mol. The molecule has 5 rings (SSSR count). The molecule has 0 atom stereocenters. The number of nitrogens with one attached hydrogen (secondary N) is 1. The van der Waals surface area contributed by atoms with Crippen LogP contribution in [0.3, 0.4) is 0 Å². The predicted octanol–water partition coefficient (Wildman–Crippen LogP) is 5.52. The summed E-state index contributed by atoms with van der Waals surface area (Å²) in [6, 6.07) is 11.7. The molecular formula is C24H21ClN6OS. The van der Waals surface area contributed by atoms with E-state index in [0.29, 0.717) is 15.0 Å². The van der Waals surface area contributed by atoms with Crippen molar-refractivity contribution in [2.45, 2.75) is 26.4 Å². The number of carbonyl (C=O) groups is 1. The number of ketones is 1. The van der Waals surface area contributed by atoms with Gasteiger partial charge in [0.05, 0.1) is 35.7 Å². The predicted molar refractivity (Wildman–Crippen MR) is 132 cm³/mol. The van der Waals surface area contributed by atoms with Crippen LogP contribution in [0.2, 0.25) is 5.02 Å². The minimum Gasteiger partial charge on any atom is -0.336 e. The number of Topliss-reactive ketones (excluding diaryl/α,β-unsaturated/α-hetero) is 1. The van der Waals surface area contributed by atoms with Gasteiger partial charge < -0.3 is 9.88 Å². The fourth-order valence-electron chi connectivity index (χ4n) is 3.68. The van der Waals surface area contributed by atoms with Gasteiger partial charge in [-0.1, -0.05) is 35.1 Å². The second-order valence-electron chi connectivity index (χ2n) is 7.73. The van der Waals surface area contributed by atoms with Crippen LogP contribution in [-0.4, -0.2) is 30.1 Å². The molecule has 9 heteroatoms. The Balaban J connectivity index is 1.30. The van der Waals surface area contributed by atoms with Crippen LogP contribution in [0.1, 0.15) is 20.8 Å². The van der Waals surface area contributed by atoms with Gasteiger partial charge in [-0.15, -0.1) is 0 Å². The summed E-state index contributed by atoms with van der Waals surface area (Å²) in [6.07, 6.45) is 9.25. The van der Waals surface area contributed by atoms with Crippen molar-refractivity contribution < 1.29 is 4.79 Å². The first-order valence-electron chi connectivity index (χ1n) is 10.5. The van der Waals surface area contributed by atoms with Gasteiger partial charge in [0.15, 0.2) is 10.9 Å². The van der Waals surface area contributed by atoms with E-state index in [9.17, 15) is 4.79 Å². The Morgan fingerprint density at radius 3 is 2.91 bits per heavy atom. The second-order valence-corrected chi connectivity index (χ2v) is 9.17. The smallest absolute Gasteiger partial charge is 0.187 e. The normalized spacial score (nSPS) is 11.2. The lowest BCUT2D eigenvalue weighted by molar-refractivity contribution is 0.0996. The molecule has 0 amide bonds.